The van der Waals surface area contributed by atoms with Crippen molar-refractivity contribution in [3.8, 4) is 5.75 Å². The van der Waals surface area contributed by atoms with E-state index >= 15 is 0 Å². The van der Waals surface area contributed by atoms with Crippen molar-refractivity contribution in [3.63, 3.8) is 0 Å². The molecular weight excluding hydrogens is 416 g/mol. The molecule has 1 heterocycles. The maximum atomic E-state index is 12.9. The van der Waals surface area contributed by atoms with Gasteiger partial charge in [-0.2, -0.15) is 0 Å². The smallest absolute Gasteiger partial charge is 0.253 e. The number of carbonyl (C=O) groups excluding carboxylic acids is 1. The number of amides is 1. The highest BCUT2D eigenvalue weighted by Gasteiger charge is 2.32. The van der Waals surface area contributed by atoms with Crippen molar-refractivity contribution in [1.82, 2.24) is 10.2 Å². The number of nitrogens with one attached hydrogen (secondary N) is 1. The van der Waals surface area contributed by atoms with Gasteiger partial charge in [0, 0.05) is 35.6 Å². The lowest BCUT2D eigenvalue weighted by molar-refractivity contribution is 0.0679. The lowest BCUT2D eigenvalue weighted by atomic mass is 9.86. The van der Waals surface area contributed by atoms with Crippen LogP contribution in [-0.2, 0) is 0 Å². The molecule has 0 spiro atoms. The Morgan fingerprint density at radius 3 is 2.42 bits per heavy atom. The van der Waals surface area contributed by atoms with Crippen molar-refractivity contribution in [2.75, 3.05) is 27.2 Å². The van der Waals surface area contributed by atoms with Crippen molar-refractivity contribution in [1.29, 1.82) is 0 Å². The quantitative estimate of drug-likeness (QED) is 0.780. The molecule has 0 aliphatic carbocycles. The van der Waals surface area contributed by atoms with Crippen LogP contribution in [0.2, 0.25) is 0 Å². The SMILES string of the molecule is COc1ccc(C(=O)N(C)C2CCNCC2c2ccc(Br)cc2)cc1.Cl. The molecule has 1 aliphatic heterocycles. The monoisotopic (exact) mass is 438 g/mol. The van der Waals surface area contributed by atoms with Crippen LogP contribution in [-0.4, -0.2) is 44.1 Å². The molecule has 4 nitrogen and oxygen atoms in total. The van der Waals surface area contributed by atoms with Crippen LogP contribution in [0.5, 0.6) is 5.75 Å². The number of benzene rings is 2. The van der Waals surface area contributed by atoms with E-state index < -0.39 is 0 Å². The van der Waals surface area contributed by atoms with E-state index in [-0.39, 0.29) is 30.3 Å². The highest BCUT2D eigenvalue weighted by atomic mass is 79.9. The first-order valence-electron chi connectivity index (χ1n) is 8.47. The number of carbonyl (C=O) groups is 1. The van der Waals surface area contributed by atoms with E-state index in [2.05, 4.69) is 45.5 Å². The first-order valence-corrected chi connectivity index (χ1v) is 9.27. The fraction of sp³-hybridized carbons (Fsp3) is 0.350. The van der Waals surface area contributed by atoms with Gasteiger partial charge in [0.15, 0.2) is 0 Å². The van der Waals surface area contributed by atoms with E-state index in [0.29, 0.717) is 5.56 Å². The average molecular weight is 440 g/mol. The van der Waals surface area contributed by atoms with Crippen LogP contribution in [0.3, 0.4) is 0 Å². The lowest BCUT2D eigenvalue weighted by Crippen LogP contribution is -2.49. The van der Waals surface area contributed by atoms with E-state index in [1.165, 1.54) is 5.56 Å². The number of methoxy groups -OCH3 is 1. The first kappa shape index (κ1) is 20.7. The minimum Gasteiger partial charge on any atom is -0.497 e. The van der Waals surface area contributed by atoms with E-state index in [0.717, 1.165) is 29.7 Å². The highest BCUT2D eigenvalue weighted by Crippen LogP contribution is 2.29. The largest absolute Gasteiger partial charge is 0.497 e. The molecule has 0 aromatic heterocycles. The van der Waals surface area contributed by atoms with E-state index in [4.69, 9.17) is 4.74 Å². The van der Waals surface area contributed by atoms with Gasteiger partial charge >= 0.3 is 0 Å². The third kappa shape index (κ3) is 4.58. The number of piperidine rings is 1. The van der Waals surface area contributed by atoms with Crippen LogP contribution in [0.1, 0.15) is 28.3 Å². The summed E-state index contributed by atoms with van der Waals surface area (Å²) in [7, 11) is 3.54. The van der Waals surface area contributed by atoms with Crippen molar-refractivity contribution in [2.45, 2.75) is 18.4 Å². The van der Waals surface area contributed by atoms with Crippen molar-refractivity contribution < 1.29 is 9.53 Å². The van der Waals surface area contributed by atoms with E-state index in [1.54, 1.807) is 7.11 Å². The molecule has 2 unspecified atom stereocenters. The molecule has 3 rings (SSSR count). The maximum Gasteiger partial charge on any atom is 0.253 e. The van der Waals surface area contributed by atoms with Gasteiger partial charge in [-0.15, -0.1) is 12.4 Å². The summed E-state index contributed by atoms with van der Waals surface area (Å²) in [6.45, 7) is 1.81. The van der Waals surface area contributed by atoms with Gasteiger partial charge in [0.2, 0.25) is 0 Å². The van der Waals surface area contributed by atoms with Gasteiger partial charge in [-0.25, -0.2) is 0 Å². The van der Waals surface area contributed by atoms with Crippen molar-refractivity contribution >= 4 is 34.2 Å². The molecule has 2 aromatic rings. The van der Waals surface area contributed by atoms with Gasteiger partial charge in [0.1, 0.15) is 5.75 Å². The van der Waals surface area contributed by atoms with Crippen LogP contribution in [0, 0.1) is 0 Å². The molecule has 1 saturated heterocycles. The predicted molar refractivity (Wildman–Crippen MR) is 110 cm³/mol. The second-order valence-corrected chi connectivity index (χ2v) is 7.28. The number of halogens is 2. The molecule has 2 aromatic carbocycles. The summed E-state index contributed by atoms with van der Waals surface area (Å²) < 4.78 is 6.24. The predicted octanol–water partition coefficient (Wildman–Crippen LogP) is 4.10. The molecule has 1 aliphatic rings. The average Bonchev–Trinajstić information content (AvgIpc) is 2.67. The normalized spacial score (nSPS) is 19.3. The molecule has 1 fully saturated rings. The molecule has 0 radical (unpaired) electrons. The van der Waals surface area contributed by atoms with Gasteiger partial charge in [0.05, 0.1) is 7.11 Å². The van der Waals surface area contributed by atoms with Gasteiger partial charge < -0.3 is 15.0 Å². The van der Waals surface area contributed by atoms with Gasteiger partial charge in [-0.3, -0.25) is 4.79 Å². The Balaban J connectivity index is 0.00000243. The Labute approximate surface area is 169 Å². The Morgan fingerprint density at radius 1 is 1.15 bits per heavy atom. The zero-order valence-corrected chi connectivity index (χ0v) is 17.3. The minimum atomic E-state index is 0. The first-order chi connectivity index (χ1) is 12.1. The number of hydrogen-bond donors (Lipinski definition) is 1. The van der Waals surface area contributed by atoms with Crippen molar-refractivity contribution in [3.05, 3.63) is 64.1 Å². The molecule has 1 amide bonds. The summed E-state index contributed by atoms with van der Waals surface area (Å²) in [6.07, 6.45) is 0.944. The second kappa shape index (κ2) is 9.40. The molecular formula is C20H24BrClN2O2. The van der Waals surface area contributed by atoms with Gasteiger partial charge in [0.25, 0.3) is 5.91 Å². The van der Waals surface area contributed by atoms with Crippen LogP contribution in [0.25, 0.3) is 0 Å². The Bertz CT molecular complexity index is 722. The van der Waals surface area contributed by atoms with Gasteiger partial charge in [-0.1, -0.05) is 28.1 Å². The summed E-state index contributed by atoms with van der Waals surface area (Å²) in [5.41, 5.74) is 1.95. The molecule has 0 saturated carbocycles. The van der Waals surface area contributed by atoms with Crippen molar-refractivity contribution in [2.24, 2.45) is 0 Å². The fourth-order valence-electron chi connectivity index (χ4n) is 3.45. The third-order valence-corrected chi connectivity index (χ3v) is 5.43. The summed E-state index contributed by atoms with van der Waals surface area (Å²) in [6, 6.07) is 15.9. The minimum absolute atomic E-state index is 0. The highest BCUT2D eigenvalue weighted by molar-refractivity contribution is 9.10. The van der Waals surface area contributed by atoms with Crippen LogP contribution >= 0.6 is 28.3 Å². The molecule has 6 heteroatoms. The zero-order valence-electron chi connectivity index (χ0n) is 14.9. The van der Waals surface area contributed by atoms with Gasteiger partial charge in [-0.05, 0) is 54.9 Å². The number of likely N-dealkylation sites (N-methyl/N-ethyl adjacent to an activating group) is 1. The fourth-order valence-corrected chi connectivity index (χ4v) is 3.71. The Kier molecular flexibility index (Phi) is 7.50. The van der Waals surface area contributed by atoms with Crippen LogP contribution in [0.4, 0.5) is 0 Å². The zero-order chi connectivity index (χ0) is 17.8. The standard InChI is InChI=1S/C20H23BrN2O2.ClH/c1-23(20(24)15-5-9-17(25-2)10-6-15)19-11-12-22-13-18(19)14-3-7-16(21)8-4-14;/h3-10,18-19,22H,11-13H2,1-2H3;1H. The Morgan fingerprint density at radius 2 is 1.81 bits per heavy atom. The Hall–Kier alpha value is -1.56. The molecule has 2 atom stereocenters. The second-order valence-electron chi connectivity index (χ2n) is 6.36. The third-order valence-electron chi connectivity index (χ3n) is 4.90. The van der Waals surface area contributed by atoms with E-state index in [9.17, 15) is 4.79 Å². The summed E-state index contributed by atoms with van der Waals surface area (Å²) in [5.74, 6) is 1.10. The van der Waals surface area contributed by atoms with Crippen LogP contribution in [0.15, 0.2) is 53.0 Å². The molecule has 140 valence electrons. The number of hydrogen-bond acceptors (Lipinski definition) is 3. The summed E-state index contributed by atoms with van der Waals surface area (Å²) in [5, 5.41) is 3.46. The molecule has 1 N–H and O–H groups in total. The van der Waals surface area contributed by atoms with E-state index in [1.807, 2.05) is 36.2 Å². The maximum absolute atomic E-state index is 12.9. The molecule has 0 bridgehead atoms. The number of nitrogens with zero attached hydrogens (tertiary/aromatic N) is 1. The van der Waals surface area contributed by atoms with Crippen LogP contribution < -0.4 is 10.1 Å². The molecule has 26 heavy (non-hydrogen) atoms. The lowest BCUT2D eigenvalue weighted by Gasteiger charge is -2.38. The number of ether oxygens (including phenoxy) is 1. The summed E-state index contributed by atoms with van der Waals surface area (Å²) >= 11 is 3.49. The number of rotatable bonds is 4. The summed E-state index contributed by atoms with van der Waals surface area (Å²) in [4.78, 5) is 14.8. The topological polar surface area (TPSA) is 41.6 Å².